The lowest BCUT2D eigenvalue weighted by Crippen LogP contribution is -2.41. The van der Waals surface area contributed by atoms with Gasteiger partial charge in [0, 0.05) is 5.54 Å². The van der Waals surface area contributed by atoms with E-state index in [0.29, 0.717) is 6.42 Å². The average Bonchev–Trinajstić information content (AvgIpc) is 1.83. The van der Waals surface area contributed by atoms with Gasteiger partial charge in [-0.05, 0) is 6.42 Å². The van der Waals surface area contributed by atoms with Gasteiger partial charge in [0.25, 0.3) is 0 Å². The quantitative estimate of drug-likeness (QED) is 0.548. The van der Waals surface area contributed by atoms with Gasteiger partial charge >= 0.3 is 7.60 Å². The maximum atomic E-state index is 10.7. The van der Waals surface area contributed by atoms with E-state index in [9.17, 15) is 4.57 Å². The molecule has 0 saturated heterocycles. The fourth-order valence-corrected chi connectivity index (χ4v) is 2.18. The van der Waals surface area contributed by atoms with E-state index in [4.69, 9.17) is 15.5 Å². The Kier molecular flexibility index (Phi) is 2.54. The van der Waals surface area contributed by atoms with Gasteiger partial charge in [-0.3, -0.25) is 4.57 Å². The Morgan fingerprint density at radius 1 is 1.50 bits per heavy atom. The monoisotopic (exact) mass is 189 g/mol. The fourth-order valence-electron chi connectivity index (χ4n) is 1.18. The second kappa shape index (κ2) is 3.15. The van der Waals surface area contributed by atoms with Crippen molar-refractivity contribution in [3.05, 3.63) is 24.3 Å². The van der Waals surface area contributed by atoms with Crippen LogP contribution in [0.3, 0.4) is 0 Å². The summed E-state index contributed by atoms with van der Waals surface area (Å²) in [5.41, 5.74) is 4.85. The summed E-state index contributed by atoms with van der Waals surface area (Å²) in [5.74, 6) is 0. The minimum atomic E-state index is -4.01. The lowest BCUT2D eigenvalue weighted by Gasteiger charge is -2.26. The van der Waals surface area contributed by atoms with E-state index in [1.165, 1.54) is 0 Å². The van der Waals surface area contributed by atoms with Gasteiger partial charge in [-0.2, -0.15) is 0 Å². The molecule has 0 radical (unpaired) electrons. The largest absolute Gasteiger partial charge is 0.327 e. The highest BCUT2D eigenvalue weighted by atomic mass is 31.2. The van der Waals surface area contributed by atoms with Crippen LogP contribution in [0.4, 0.5) is 0 Å². The number of rotatable bonds is 2. The van der Waals surface area contributed by atoms with E-state index >= 15 is 0 Å². The first-order chi connectivity index (χ1) is 5.41. The molecule has 0 amide bonds. The van der Waals surface area contributed by atoms with E-state index in [0.717, 1.165) is 0 Å². The van der Waals surface area contributed by atoms with Crippen molar-refractivity contribution in [3.63, 3.8) is 0 Å². The predicted octanol–water partition coefficient (Wildman–Crippen LogP) is 0.378. The maximum absolute atomic E-state index is 10.7. The molecule has 5 heteroatoms. The van der Waals surface area contributed by atoms with E-state index in [-0.39, 0.29) is 6.16 Å². The molecule has 1 aliphatic rings. The van der Waals surface area contributed by atoms with Crippen LogP contribution in [0, 0.1) is 0 Å². The second-order valence-corrected chi connectivity index (χ2v) is 4.69. The van der Waals surface area contributed by atoms with Crippen molar-refractivity contribution < 1.29 is 14.4 Å². The zero-order valence-electron chi connectivity index (χ0n) is 6.55. The zero-order chi connectivity index (χ0) is 9.24. The van der Waals surface area contributed by atoms with Crippen LogP contribution in [0.1, 0.15) is 6.42 Å². The Balaban J connectivity index is 2.68. The molecule has 0 spiro atoms. The molecule has 0 saturated carbocycles. The summed E-state index contributed by atoms with van der Waals surface area (Å²) in [6.07, 6.45) is 7.14. The SMILES string of the molecule is N[C@@]1(CP(=O)(O)O)C=CC=CC1. The van der Waals surface area contributed by atoms with Crippen LogP contribution in [0.2, 0.25) is 0 Å². The van der Waals surface area contributed by atoms with Gasteiger partial charge < -0.3 is 15.5 Å². The van der Waals surface area contributed by atoms with E-state index in [1.807, 2.05) is 6.08 Å². The maximum Gasteiger partial charge on any atom is 0.327 e. The van der Waals surface area contributed by atoms with Gasteiger partial charge in [-0.25, -0.2) is 0 Å². The molecule has 4 nitrogen and oxygen atoms in total. The Hall–Kier alpha value is -0.410. The predicted molar refractivity (Wildman–Crippen MR) is 46.7 cm³/mol. The first kappa shape index (κ1) is 9.68. The average molecular weight is 189 g/mol. The Labute approximate surface area is 70.9 Å². The molecule has 0 aliphatic heterocycles. The lowest BCUT2D eigenvalue weighted by atomic mass is 9.95. The number of hydrogen-bond acceptors (Lipinski definition) is 2. The van der Waals surface area contributed by atoms with Crippen molar-refractivity contribution in [1.82, 2.24) is 0 Å². The highest BCUT2D eigenvalue weighted by Crippen LogP contribution is 2.39. The molecular weight excluding hydrogens is 177 g/mol. The van der Waals surface area contributed by atoms with Crippen LogP contribution in [-0.4, -0.2) is 21.5 Å². The van der Waals surface area contributed by atoms with E-state index in [2.05, 4.69) is 0 Å². The molecule has 1 rings (SSSR count). The molecule has 1 atom stereocenters. The Bertz CT molecular complexity index is 268. The van der Waals surface area contributed by atoms with Crippen LogP contribution < -0.4 is 5.73 Å². The molecule has 68 valence electrons. The molecule has 0 aromatic carbocycles. The smallest absolute Gasteiger partial charge is 0.324 e. The summed E-state index contributed by atoms with van der Waals surface area (Å²) >= 11 is 0. The van der Waals surface area contributed by atoms with Gasteiger partial charge in [0.05, 0.1) is 6.16 Å². The molecule has 12 heavy (non-hydrogen) atoms. The summed E-state index contributed by atoms with van der Waals surface area (Å²) in [7, 11) is -4.01. The van der Waals surface area contributed by atoms with Crippen LogP contribution in [0.25, 0.3) is 0 Å². The summed E-state index contributed by atoms with van der Waals surface area (Å²) in [6.45, 7) is 0. The molecule has 1 aliphatic carbocycles. The summed E-state index contributed by atoms with van der Waals surface area (Å²) in [5, 5.41) is 0. The molecule has 0 heterocycles. The second-order valence-electron chi connectivity index (χ2n) is 3.05. The van der Waals surface area contributed by atoms with Crippen molar-refractivity contribution >= 4 is 7.60 Å². The fraction of sp³-hybridized carbons (Fsp3) is 0.429. The molecule has 0 aromatic rings. The third-order valence-electron chi connectivity index (χ3n) is 1.67. The Morgan fingerprint density at radius 3 is 2.58 bits per heavy atom. The minimum absolute atomic E-state index is 0.291. The highest BCUT2D eigenvalue weighted by Gasteiger charge is 2.30. The molecule has 0 fully saturated rings. The Morgan fingerprint density at radius 2 is 2.17 bits per heavy atom. The highest BCUT2D eigenvalue weighted by molar-refractivity contribution is 7.51. The van der Waals surface area contributed by atoms with Crippen LogP contribution in [0.15, 0.2) is 24.3 Å². The van der Waals surface area contributed by atoms with Crippen molar-refractivity contribution in [2.45, 2.75) is 12.0 Å². The van der Waals surface area contributed by atoms with Gasteiger partial charge in [0.15, 0.2) is 0 Å². The molecular formula is C7H12NO3P. The van der Waals surface area contributed by atoms with Gasteiger partial charge in [0.2, 0.25) is 0 Å². The van der Waals surface area contributed by atoms with Gasteiger partial charge in [-0.1, -0.05) is 24.3 Å². The summed E-state index contributed by atoms with van der Waals surface area (Å²) < 4.78 is 10.7. The first-order valence-electron chi connectivity index (χ1n) is 3.59. The van der Waals surface area contributed by atoms with Crippen molar-refractivity contribution in [2.24, 2.45) is 5.73 Å². The molecule has 0 unspecified atom stereocenters. The first-order valence-corrected chi connectivity index (χ1v) is 5.39. The number of hydrogen-bond donors (Lipinski definition) is 3. The summed E-state index contributed by atoms with van der Waals surface area (Å²) in [4.78, 5) is 17.4. The van der Waals surface area contributed by atoms with Crippen LogP contribution in [0.5, 0.6) is 0 Å². The van der Waals surface area contributed by atoms with Gasteiger partial charge in [-0.15, -0.1) is 0 Å². The normalized spacial score (nSPS) is 29.2. The number of nitrogens with two attached hydrogens (primary N) is 1. The third-order valence-corrected chi connectivity index (χ3v) is 2.67. The summed E-state index contributed by atoms with van der Waals surface area (Å²) in [6, 6.07) is 0. The van der Waals surface area contributed by atoms with E-state index < -0.39 is 13.1 Å². The topological polar surface area (TPSA) is 83.6 Å². The van der Waals surface area contributed by atoms with Crippen molar-refractivity contribution in [2.75, 3.05) is 6.16 Å². The third kappa shape index (κ3) is 2.91. The minimum Gasteiger partial charge on any atom is -0.324 e. The molecule has 0 bridgehead atoms. The standard InChI is InChI=1S/C7H12NO3P/c8-7(6-12(9,10)11)4-2-1-3-5-7/h1-4H,5-6,8H2,(H2,9,10,11)/t7-/m0/s1. The van der Waals surface area contributed by atoms with Crippen LogP contribution >= 0.6 is 7.60 Å². The van der Waals surface area contributed by atoms with Gasteiger partial charge in [0.1, 0.15) is 0 Å². The number of allylic oxidation sites excluding steroid dienone is 2. The van der Waals surface area contributed by atoms with Crippen molar-refractivity contribution in [3.8, 4) is 0 Å². The van der Waals surface area contributed by atoms with Crippen molar-refractivity contribution in [1.29, 1.82) is 0 Å². The lowest BCUT2D eigenvalue weighted by molar-refractivity contribution is 0.361. The zero-order valence-corrected chi connectivity index (χ0v) is 7.45. The molecule has 4 N–H and O–H groups in total. The van der Waals surface area contributed by atoms with E-state index in [1.54, 1.807) is 18.2 Å². The molecule has 0 aromatic heterocycles. The van der Waals surface area contributed by atoms with Crippen LogP contribution in [-0.2, 0) is 4.57 Å².